The number of nitrogens with zero attached hydrogens (tertiary/aromatic N) is 3. The number of hydrogen-bond donors (Lipinski definition) is 2. The SMILES string of the molecule is CCOc1ccccc1NC(=O)c1nnn(CC(=O)Nc2c(C)cccc2C)c1C. The summed E-state index contributed by atoms with van der Waals surface area (Å²) < 4.78 is 6.94. The number of carbonyl (C=O) groups is 2. The molecule has 0 atom stereocenters. The van der Waals surface area contributed by atoms with Gasteiger partial charge in [-0.05, 0) is 51.0 Å². The third-order valence-corrected chi connectivity index (χ3v) is 4.67. The van der Waals surface area contributed by atoms with Crippen molar-refractivity contribution < 1.29 is 14.3 Å². The summed E-state index contributed by atoms with van der Waals surface area (Å²) in [5.41, 5.74) is 3.94. The molecule has 8 heteroatoms. The predicted molar refractivity (Wildman–Crippen MR) is 115 cm³/mol. The molecule has 3 aromatic rings. The molecule has 2 amide bonds. The minimum Gasteiger partial charge on any atom is -0.492 e. The van der Waals surface area contributed by atoms with Gasteiger partial charge in [-0.25, -0.2) is 4.68 Å². The zero-order chi connectivity index (χ0) is 21.7. The second-order valence-corrected chi connectivity index (χ2v) is 6.88. The van der Waals surface area contributed by atoms with Crippen molar-refractivity contribution in [2.75, 3.05) is 17.2 Å². The van der Waals surface area contributed by atoms with Crippen LogP contribution in [0.3, 0.4) is 0 Å². The molecule has 1 aromatic heterocycles. The Kier molecular flexibility index (Phi) is 6.46. The van der Waals surface area contributed by atoms with Crippen LogP contribution in [0.2, 0.25) is 0 Å². The maximum Gasteiger partial charge on any atom is 0.278 e. The molecule has 1 heterocycles. The van der Waals surface area contributed by atoms with Gasteiger partial charge in [0.25, 0.3) is 5.91 Å². The fourth-order valence-corrected chi connectivity index (χ4v) is 3.08. The van der Waals surface area contributed by atoms with Crippen LogP contribution < -0.4 is 15.4 Å². The van der Waals surface area contributed by atoms with Crippen molar-refractivity contribution in [2.24, 2.45) is 0 Å². The fraction of sp³-hybridized carbons (Fsp3) is 0.273. The van der Waals surface area contributed by atoms with Gasteiger partial charge in [-0.15, -0.1) is 5.10 Å². The van der Waals surface area contributed by atoms with Crippen molar-refractivity contribution in [1.29, 1.82) is 0 Å². The van der Waals surface area contributed by atoms with Gasteiger partial charge in [-0.2, -0.15) is 0 Å². The van der Waals surface area contributed by atoms with Crippen LogP contribution >= 0.6 is 0 Å². The van der Waals surface area contributed by atoms with E-state index in [0.717, 1.165) is 16.8 Å². The van der Waals surface area contributed by atoms with Crippen LogP contribution in [0, 0.1) is 20.8 Å². The quantitative estimate of drug-likeness (QED) is 0.625. The second-order valence-electron chi connectivity index (χ2n) is 6.88. The number of aromatic nitrogens is 3. The fourth-order valence-electron chi connectivity index (χ4n) is 3.08. The topological polar surface area (TPSA) is 98.1 Å². The first-order valence-electron chi connectivity index (χ1n) is 9.70. The second kappa shape index (κ2) is 9.21. The first-order chi connectivity index (χ1) is 14.4. The molecule has 8 nitrogen and oxygen atoms in total. The monoisotopic (exact) mass is 407 g/mol. The van der Waals surface area contributed by atoms with Gasteiger partial charge in [0.2, 0.25) is 5.91 Å². The average Bonchev–Trinajstić information content (AvgIpc) is 3.07. The molecule has 2 aromatic carbocycles. The molecular formula is C22H25N5O3. The zero-order valence-electron chi connectivity index (χ0n) is 17.5. The van der Waals surface area contributed by atoms with Crippen LogP contribution in [0.15, 0.2) is 42.5 Å². The van der Waals surface area contributed by atoms with E-state index in [2.05, 4.69) is 20.9 Å². The molecule has 0 aliphatic heterocycles. The van der Waals surface area contributed by atoms with Gasteiger partial charge in [0.1, 0.15) is 12.3 Å². The Labute approximate surface area is 175 Å². The van der Waals surface area contributed by atoms with Crippen molar-refractivity contribution in [3.8, 4) is 5.75 Å². The van der Waals surface area contributed by atoms with E-state index in [1.54, 1.807) is 25.1 Å². The smallest absolute Gasteiger partial charge is 0.278 e. The summed E-state index contributed by atoms with van der Waals surface area (Å²) >= 11 is 0. The van der Waals surface area contributed by atoms with Crippen molar-refractivity contribution >= 4 is 23.2 Å². The Morgan fingerprint density at radius 1 is 1.00 bits per heavy atom. The molecule has 0 saturated heterocycles. The van der Waals surface area contributed by atoms with E-state index in [0.29, 0.717) is 23.7 Å². The molecule has 0 fully saturated rings. The van der Waals surface area contributed by atoms with Crippen molar-refractivity contribution in [3.63, 3.8) is 0 Å². The average molecular weight is 407 g/mol. The predicted octanol–water partition coefficient (Wildman–Crippen LogP) is 3.49. The van der Waals surface area contributed by atoms with Crippen molar-refractivity contribution in [2.45, 2.75) is 34.2 Å². The Hall–Kier alpha value is -3.68. The number of nitrogens with one attached hydrogen (secondary N) is 2. The highest BCUT2D eigenvalue weighted by Gasteiger charge is 2.19. The van der Waals surface area contributed by atoms with Gasteiger partial charge >= 0.3 is 0 Å². The van der Waals surface area contributed by atoms with Gasteiger partial charge < -0.3 is 15.4 Å². The van der Waals surface area contributed by atoms with Crippen molar-refractivity contribution in [3.05, 3.63) is 65.0 Å². The van der Waals surface area contributed by atoms with E-state index < -0.39 is 5.91 Å². The normalized spacial score (nSPS) is 10.5. The summed E-state index contributed by atoms with van der Waals surface area (Å²) in [7, 11) is 0. The number of carbonyl (C=O) groups excluding carboxylic acids is 2. The Morgan fingerprint density at radius 2 is 1.70 bits per heavy atom. The molecular weight excluding hydrogens is 382 g/mol. The van der Waals surface area contributed by atoms with Gasteiger partial charge in [0, 0.05) is 5.69 Å². The van der Waals surface area contributed by atoms with E-state index in [-0.39, 0.29) is 18.1 Å². The van der Waals surface area contributed by atoms with Gasteiger partial charge in [-0.3, -0.25) is 9.59 Å². The lowest BCUT2D eigenvalue weighted by molar-refractivity contribution is -0.117. The number of ether oxygens (including phenoxy) is 1. The molecule has 30 heavy (non-hydrogen) atoms. The first kappa shape index (κ1) is 21.0. The summed E-state index contributed by atoms with van der Waals surface area (Å²) in [6.07, 6.45) is 0. The van der Waals surface area contributed by atoms with E-state index in [4.69, 9.17) is 4.74 Å². The van der Waals surface area contributed by atoms with Crippen LogP contribution in [-0.4, -0.2) is 33.4 Å². The highest BCUT2D eigenvalue weighted by Crippen LogP contribution is 2.24. The van der Waals surface area contributed by atoms with Crippen LogP contribution in [0.1, 0.15) is 34.2 Å². The molecule has 0 saturated carbocycles. The number of benzene rings is 2. The lowest BCUT2D eigenvalue weighted by atomic mass is 10.1. The summed E-state index contributed by atoms with van der Waals surface area (Å²) in [4.78, 5) is 25.2. The third-order valence-electron chi connectivity index (χ3n) is 4.67. The Bertz CT molecular complexity index is 1050. The van der Waals surface area contributed by atoms with Crippen molar-refractivity contribution in [1.82, 2.24) is 15.0 Å². The van der Waals surface area contributed by atoms with Gasteiger partial charge in [0.05, 0.1) is 18.0 Å². The van der Waals surface area contributed by atoms with E-state index in [1.165, 1.54) is 4.68 Å². The lowest BCUT2D eigenvalue weighted by Crippen LogP contribution is -2.22. The molecule has 0 aliphatic carbocycles. The van der Waals surface area contributed by atoms with E-state index >= 15 is 0 Å². The van der Waals surface area contributed by atoms with E-state index in [9.17, 15) is 9.59 Å². The Morgan fingerprint density at radius 3 is 2.40 bits per heavy atom. The lowest BCUT2D eigenvalue weighted by Gasteiger charge is -2.12. The van der Waals surface area contributed by atoms with Crippen LogP contribution in [0.4, 0.5) is 11.4 Å². The molecule has 0 spiro atoms. The summed E-state index contributed by atoms with van der Waals surface area (Å²) in [6.45, 7) is 7.89. The summed E-state index contributed by atoms with van der Waals surface area (Å²) in [5.74, 6) is -0.0820. The number of anilines is 2. The molecule has 2 N–H and O–H groups in total. The summed E-state index contributed by atoms with van der Waals surface area (Å²) in [5, 5.41) is 13.6. The zero-order valence-corrected chi connectivity index (χ0v) is 17.5. The molecule has 0 radical (unpaired) electrons. The molecule has 0 bridgehead atoms. The van der Waals surface area contributed by atoms with E-state index in [1.807, 2.05) is 45.0 Å². The van der Waals surface area contributed by atoms with Gasteiger partial charge in [0.15, 0.2) is 5.69 Å². The maximum atomic E-state index is 12.7. The minimum absolute atomic E-state index is 0.0462. The van der Waals surface area contributed by atoms with Crippen LogP contribution in [-0.2, 0) is 11.3 Å². The van der Waals surface area contributed by atoms with Crippen LogP contribution in [0.25, 0.3) is 0 Å². The molecule has 3 rings (SSSR count). The number of aryl methyl sites for hydroxylation is 2. The maximum absolute atomic E-state index is 12.7. The van der Waals surface area contributed by atoms with Crippen LogP contribution in [0.5, 0.6) is 5.75 Å². The first-order valence-corrected chi connectivity index (χ1v) is 9.70. The highest BCUT2D eigenvalue weighted by molar-refractivity contribution is 6.04. The molecule has 156 valence electrons. The Balaban J connectivity index is 1.71. The molecule has 0 aliphatic rings. The largest absolute Gasteiger partial charge is 0.492 e. The number of para-hydroxylation sites is 3. The third kappa shape index (κ3) is 4.65. The number of rotatable bonds is 7. The minimum atomic E-state index is -0.416. The standard InChI is InChI=1S/C22H25N5O3/c1-5-30-18-12-7-6-11-17(18)23-22(29)21-16(4)27(26-25-21)13-19(28)24-20-14(2)9-8-10-15(20)3/h6-12H,5,13H2,1-4H3,(H,23,29)(H,24,28). The number of hydrogen-bond acceptors (Lipinski definition) is 5. The number of amides is 2. The molecule has 0 unspecified atom stereocenters. The highest BCUT2D eigenvalue weighted by atomic mass is 16.5. The summed E-state index contributed by atoms with van der Waals surface area (Å²) in [6, 6.07) is 13.0. The van der Waals surface area contributed by atoms with Gasteiger partial charge in [-0.1, -0.05) is 35.5 Å².